The fourth-order valence-electron chi connectivity index (χ4n) is 2.54. The third-order valence-corrected chi connectivity index (χ3v) is 6.53. The summed E-state index contributed by atoms with van der Waals surface area (Å²) >= 11 is 0. The van der Waals surface area contributed by atoms with E-state index in [0.717, 1.165) is 0 Å². The van der Waals surface area contributed by atoms with Crippen LogP contribution >= 0.6 is 0 Å². The van der Waals surface area contributed by atoms with Crippen molar-refractivity contribution in [1.29, 1.82) is 0 Å². The Balaban J connectivity index is 2.98. The molecule has 0 aromatic rings. The van der Waals surface area contributed by atoms with Gasteiger partial charge in [0.2, 0.25) is 0 Å². The average Bonchev–Trinajstić information content (AvgIpc) is 2.32. The van der Waals surface area contributed by atoms with Crippen LogP contribution in [0.2, 0.25) is 58.9 Å². The summed E-state index contributed by atoms with van der Waals surface area (Å²) in [5, 5.41) is 0. The minimum atomic E-state index is -1.89. The first-order valence-corrected chi connectivity index (χ1v) is 19.0. The highest BCUT2D eigenvalue weighted by molar-refractivity contribution is 6.70. The standard InChI is InChI=1S/C16H36O5Si3/c1-12-13(11-18-22(2,3)4)19-16(17)15(21-24(8,9)10)14(12)20-23(5,6)7/h12-15H,11H2,1-10H3/t12-,13?,14?,15?/m1/s1. The first kappa shape index (κ1) is 22.0. The Kier molecular flexibility index (Phi) is 7.08. The van der Waals surface area contributed by atoms with Crippen LogP contribution in [-0.2, 0) is 22.8 Å². The zero-order chi connectivity index (χ0) is 18.9. The molecule has 24 heavy (non-hydrogen) atoms. The Labute approximate surface area is 150 Å². The largest absolute Gasteiger partial charge is 0.458 e. The number of hydrogen-bond donors (Lipinski definition) is 0. The van der Waals surface area contributed by atoms with Crippen LogP contribution in [0, 0.1) is 5.92 Å². The summed E-state index contributed by atoms with van der Waals surface area (Å²) in [7, 11) is -5.38. The van der Waals surface area contributed by atoms with Crippen molar-refractivity contribution in [2.75, 3.05) is 6.61 Å². The summed E-state index contributed by atoms with van der Waals surface area (Å²) in [4.78, 5) is 12.6. The summed E-state index contributed by atoms with van der Waals surface area (Å²) in [5.74, 6) is -0.255. The van der Waals surface area contributed by atoms with Crippen molar-refractivity contribution in [3.05, 3.63) is 0 Å². The zero-order valence-corrected chi connectivity index (χ0v) is 20.1. The lowest BCUT2D eigenvalue weighted by Crippen LogP contribution is -2.59. The number of hydrogen-bond acceptors (Lipinski definition) is 5. The Morgan fingerprint density at radius 1 is 0.875 bits per heavy atom. The predicted molar refractivity (Wildman–Crippen MR) is 105 cm³/mol. The van der Waals surface area contributed by atoms with Crippen LogP contribution in [0.1, 0.15) is 6.92 Å². The molecule has 0 amide bonds. The summed E-state index contributed by atoms with van der Waals surface area (Å²) in [6.07, 6.45) is -1.16. The van der Waals surface area contributed by atoms with Crippen molar-refractivity contribution in [3.8, 4) is 0 Å². The fourth-order valence-corrected chi connectivity index (χ4v) is 5.35. The number of carbonyl (C=O) groups is 1. The van der Waals surface area contributed by atoms with Crippen molar-refractivity contribution < 1.29 is 22.8 Å². The topological polar surface area (TPSA) is 54.0 Å². The summed E-state index contributed by atoms with van der Waals surface area (Å²) in [6, 6.07) is 0. The van der Waals surface area contributed by atoms with Crippen LogP contribution in [0.15, 0.2) is 0 Å². The van der Waals surface area contributed by atoms with E-state index in [2.05, 4.69) is 65.8 Å². The smallest absolute Gasteiger partial charge is 0.337 e. The summed E-state index contributed by atoms with van der Waals surface area (Å²) < 4.78 is 24.2. The highest BCUT2D eigenvalue weighted by Gasteiger charge is 2.48. The molecule has 142 valence electrons. The quantitative estimate of drug-likeness (QED) is 0.487. The van der Waals surface area contributed by atoms with Crippen molar-refractivity contribution in [3.63, 3.8) is 0 Å². The predicted octanol–water partition coefficient (Wildman–Crippen LogP) is 3.84. The van der Waals surface area contributed by atoms with Crippen LogP contribution in [0.25, 0.3) is 0 Å². The van der Waals surface area contributed by atoms with E-state index < -0.39 is 31.1 Å². The number of esters is 1. The van der Waals surface area contributed by atoms with Gasteiger partial charge in [0.1, 0.15) is 6.10 Å². The highest BCUT2D eigenvalue weighted by atomic mass is 28.4. The molecule has 3 unspecified atom stereocenters. The van der Waals surface area contributed by atoms with Gasteiger partial charge in [-0.05, 0) is 58.9 Å². The SMILES string of the molecule is C[C@@H]1C(CO[Si](C)(C)C)OC(=O)C(O[Si](C)(C)C)C1O[Si](C)(C)C. The molecule has 0 aliphatic carbocycles. The van der Waals surface area contributed by atoms with Crippen LogP contribution in [0.3, 0.4) is 0 Å². The molecule has 8 heteroatoms. The lowest BCUT2D eigenvalue weighted by atomic mass is 9.91. The van der Waals surface area contributed by atoms with E-state index in [9.17, 15) is 4.79 Å². The lowest BCUT2D eigenvalue weighted by molar-refractivity contribution is -0.187. The molecular weight excluding hydrogens is 356 g/mol. The van der Waals surface area contributed by atoms with Crippen molar-refractivity contribution in [1.82, 2.24) is 0 Å². The Hall–Kier alpha value is 0.000649. The van der Waals surface area contributed by atoms with Gasteiger partial charge in [0, 0.05) is 5.92 Å². The number of carbonyl (C=O) groups excluding carboxylic acids is 1. The molecule has 1 aliphatic heterocycles. The van der Waals surface area contributed by atoms with Gasteiger partial charge in [-0.25, -0.2) is 4.79 Å². The molecule has 0 saturated carbocycles. The highest BCUT2D eigenvalue weighted by Crippen LogP contribution is 2.31. The Morgan fingerprint density at radius 3 is 1.79 bits per heavy atom. The zero-order valence-electron chi connectivity index (χ0n) is 17.1. The summed E-state index contributed by atoms with van der Waals surface area (Å²) in [6.45, 7) is 21.6. The Morgan fingerprint density at radius 2 is 1.38 bits per heavy atom. The van der Waals surface area contributed by atoms with E-state index >= 15 is 0 Å². The first-order valence-electron chi connectivity index (χ1n) is 8.79. The normalized spacial score (nSPS) is 29.5. The number of cyclic esters (lactones) is 1. The molecule has 0 spiro atoms. The third-order valence-electron chi connectivity index (χ3n) is 3.55. The maximum Gasteiger partial charge on any atom is 0.337 e. The van der Waals surface area contributed by atoms with Gasteiger partial charge in [-0.2, -0.15) is 0 Å². The van der Waals surface area contributed by atoms with E-state index in [1.807, 2.05) is 0 Å². The van der Waals surface area contributed by atoms with Gasteiger partial charge in [0.25, 0.3) is 0 Å². The van der Waals surface area contributed by atoms with Crippen molar-refractivity contribution >= 4 is 30.9 Å². The lowest BCUT2D eigenvalue weighted by Gasteiger charge is -2.44. The van der Waals surface area contributed by atoms with Gasteiger partial charge in [0.15, 0.2) is 31.1 Å². The molecular formula is C16H36O5Si3. The van der Waals surface area contributed by atoms with Crippen molar-refractivity contribution in [2.45, 2.75) is 84.2 Å². The van der Waals surface area contributed by atoms with Gasteiger partial charge in [-0.1, -0.05) is 6.92 Å². The van der Waals surface area contributed by atoms with Gasteiger partial charge < -0.3 is 18.0 Å². The number of rotatable bonds is 7. The molecule has 5 nitrogen and oxygen atoms in total. The van der Waals surface area contributed by atoms with Gasteiger partial charge in [-0.3, -0.25) is 0 Å². The second kappa shape index (κ2) is 7.71. The van der Waals surface area contributed by atoms with Crippen LogP contribution in [-0.4, -0.2) is 55.8 Å². The minimum absolute atomic E-state index is 0.0483. The molecule has 0 aromatic carbocycles. The van der Waals surface area contributed by atoms with Gasteiger partial charge in [0.05, 0.1) is 12.7 Å². The van der Waals surface area contributed by atoms with Crippen molar-refractivity contribution in [2.24, 2.45) is 5.92 Å². The average molecular weight is 393 g/mol. The van der Waals surface area contributed by atoms with Crippen LogP contribution in [0.5, 0.6) is 0 Å². The van der Waals surface area contributed by atoms with E-state index in [1.165, 1.54) is 0 Å². The van der Waals surface area contributed by atoms with E-state index in [4.69, 9.17) is 18.0 Å². The molecule has 1 saturated heterocycles. The molecule has 1 fully saturated rings. The molecule has 0 aromatic heterocycles. The fraction of sp³-hybridized carbons (Fsp3) is 0.938. The monoisotopic (exact) mass is 392 g/mol. The first-order chi connectivity index (χ1) is 10.6. The molecule has 0 bridgehead atoms. The minimum Gasteiger partial charge on any atom is -0.458 e. The van der Waals surface area contributed by atoms with E-state index in [0.29, 0.717) is 6.61 Å². The number of ether oxygens (including phenoxy) is 1. The van der Waals surface area contributed by atoms with Crippen LogP contribution < -0.4 is 0 Å². The molecule has 1 aliphatic rings. The second-order valence-corrected chi connectivity index (χ2v) is 23.0. The summed E-state index contributed by atoms with van der Waals surface area (Å²) in [5.41, 5.74) is 0. The van der Waals surface area contributed by atoms with E-state index in [-0.39, 0.29) is 24.1 Å². The van der Waals surface area contributed by atoms with E-state index in [1.54, 1.807) is 0 Å². The third kappa shape index (κ3) is 7.49. The molecule has 1 rings (SSSR count). The van der Waals surface area contributed by atoms with Crippen LogP contribution in [0.4, 0.5) is 0 Å². The molecule has 4 atom stereocenters. The molecule has 0 radical (unpaired) electrons. The maximum atomic E-state index is 12.6. The molecule has 0 N–H and O–H groups in total. The Bertz CT molecular complexity index is 436. The maximum absolute atomic E-state index is 12.6. The van der Waals surface area contributed by atoms with Gasteiger partial charge in [-0.15, -0.1) is 0 Å². The van der Waals surface area contributed by atoms with Gasteiger partial charge >= 0.3 is 5.97 Å². The second-order valence-electron chi connectivity index (χ2n) is 9.60. The molecule has 1 heterocycles.